The molecule has 0 bridgehead atoms. The highest BCUT2D eigenvalue weighted by atomic mass is 16.5. The van der Waals surface area contributed by atoms with Crippen molar-refractivity contribution >= 4 is 11.6 Å². The second kappa shape index (κ2) is 7.26. The van der Waals surface area contributed by atoms with Crippen LogP contribution in [0, 0.1) is 5.92 Å². The number of aromatic nitrogens is 2. The number of benzene rings is 1. The highest BCUT2D eigenvalue weighted by Gasteiger charge is 2.17. The van der Waals surface area contributed by atoms with Crippen molar-refractivity contribution in [2.45, 2.75) is 33.2 Å². The van der Waals surface area contributed by atoms with E-state index in [9.17, 15) is 4.79 Å². The average Bonchev–Trinajstić information content (AvgIpc) is 2.96. The predicted octanol–water partition coefficient (Wildman–Crippen LogP) is 3.03. The van der Waals surface area contributed by atoms with Gasteiger partial charge in [0.15, 0.2) is 0 Å². The number of nitrogens with one attached hydrogen (secondary N) is 1. The van der Waals surface area contributed by atoms with Crippen molar-refractivity contribution in [2.24, 2.45) is 5.92 Å². The quantitative estimate of drug-likeness (QED) is 0.887. The molecule has 0 fully saturated rings. The Hall–Kier alpha value is -2.37. The fourth-order valence-corrected chi connectivity index (χ4v) is 2.17. The zero-order valence-corrected chi connectivity index (χ0v) is 14.3. The van der Waals surface area contributed by atoms with Crippen molar-refractivity contribution in [3.8, 4) is 11.4 Å². The summed E-state index contributed by atoms with van der Waals surface area (Å²) < 4.78 is 5.28. The van der Waals surface area contributed by atoms with Crippen LogP contribution in [0.5, 0.6) is 0 Å². The summed E-state index contributed by atoms with van der Waals surface area (Å²) in [5, 5.41) is 6.87. The molecule has 124 valence electrons. The van der Waals surface area contributed by atoms with Crippen LogP contribution in [0.4, 0.5) is 5.69 Å². The lowest BCUT2D eigenvalue weighted by Gasteiger charge is -2.11. The van der Waals surface area contributed by atoms with Crippen molar-refractivity contribution in [3.63, 3.8) is 0 Å². The van der Waals surface area contributed by atoms with Gasteiger partial charge in [-0.2, -0.15) is 4.98 Å². The summed E-state index contributed by atoms with van der Waals surface area (Å²) in [4.78, 5) is 18.2. The van der Waals surface area contributed by atoms with Gasteiger partial charge in [-0.1, -0.05) is 19.0 Å². The molecule has 0 aliphatic heterocycles. The number of carbonyl (C=O) groups excluding carboxylic acids is 1. The lowest BCUT2D eigenvalue weighted by molar-refractivity contribution is -0.122. The predicted molar refractivity (Wildman–Crippen MR) is 90.1 cm³/mol. The standard InChI is InChI=1S/C17H24N4O2/c1-11(2)10-15(22)18-12(3)17-19-16(20-23-17)13-6-8-14(9-7-13)21(4)5/h6-9,11-12H,10H2,1-5H3,(H,18,22)/t12-/m0/s1. The van der Waals surface area contributed by atoms with Gasteiger partial charge in [-0.25, -0.2) is 0 Å². The first kappa shape index (κ1) is 17.0. The molecule has 0 saturated heterocycles. The Labute approximate surface area is 136 Å². The smallest absolute Gasteiger partial charge is 0.249 e. The lowest BCUT2D eigenvalue weighted by atomic mass is 10.1. The molecule has 2 aromatic rings. The summed E-state index contributed by atoms with van der Waals surface area (Å²) in [6, 6.07) is 7.60. The van der Waals surface area contributed by atoms with Crippen LogP contribution in [-0.2, 0) is 4.79 Å². The van der Waals surface area contributed by atoms with Gasteiger partial charge in [0.1, 0.15) is 6.04 Å². The molecule has 1 N–H and O–H groups in total. The number of hydrogen-bond donors (Lipinski definition) is 1. The van der Waals surface area contributed by atoms with Crippen LogP contribution >= 0.6 is 0 Å². The van der Waals surface area contributed by atoms with Crippen molar-refractivity contribution in [1.29, 1.82) is 0 Å². The van der Waals surface area contributed by atoms with Gasteiger partial charge in [0.2, 0.25) is 17.6 Å². The molecule has 1 heterocycles. The largest absolute Gasteiger partial charge is 0.378 e. The van der Waals surface area contributed by atoms with E-state index in [4.69, 9.17) is 4.52 Å². The molecule has 0 radical (unpaired) electrons. The van der Waals surface area contributed by atoms with E-state index in [2.05, 4.69) is 15.5 Å². The topological polar surface area (TPSA) is 71.3 Å². The molecule has 6 heteroatoms. The van der Waals surface area contributed by atoms with Gasteiger partial charge in [-0.15, -0.1) is 0 Å². The van der Waals surface area contributed by atoms with E-state index in [1.54, 1.807) is 0 Å². The molecule has 0 unspecified atom stereocenters. The third kappa shape index (κ3) is 4.55. The van der Waals surface area contributed by atoms with Crippen LogP contribution in [0.25, 0.3) is 11.4 Å². The minimum Gasteiger partial charge on any atom is -0.378 e. The normalized spacial score (nSPS) is 12.3. The van der Waals surface area contributed by atoms with E-state index in [1.165, 1.54) is 0 Å². The zero-order valence-electron chi connectivity index (χ0n) is 14.3. The molecule has 1 atom stereocenters. The maximum Gasteiger partial charge on any atom is 0.249 e. The Morgan fingerprint density at radius 2 is 1.87 bits per heavy atom. The number of hydrogen-bond acceptors (Lipinski definition) is 5. The molecular formula is C17H24N4O2. The van der Waals surface area contributed by atoms with E-state index in [0.29, 0.717) is 24.1 Å². The Balaban J connectivity index is 2.06. The molecule has 23 heavy (non-hydrogen) atoms. The first-order valence-electron chi connectivity index (χ1n) is 7.77. The molecule has 2 rings (SSSR count). The molecule has 0 aliphatic carbocycles. The van der Waals surface area contributed by atoms with E-state index in [0.717, 1.165) is 11.3 Å². The highest BCUT2D eigenvalue weighted by molar-refractivity contribution is 5.76. The van der Waals surface area contributed by atoms with Gasteiger partial charge in [0.25, 0.3) is 0 Å². The van der Waals surface area contributed by atoms with E-state index in [-0.39, 0.29) is 11.9 Å². The number of nitrogens with zero attached hydrogens (tertiary/aromatic N) is 3. The maximum atomic E-state index is 11.8. The minimum absolute atomic E-state index is 0.0115. The zero-order chi connectivity index (χ0) is 17.0. The van der Waals surface area contributed by atoms with Crippen LogP contribution in [0.15, 0.2) is 28.8 Å². The molecule has 1 aromatic heterocycles. The molecule has 0 spiro atoms. The third-order valence-corrected chi connectivity index (χ3v) is 3.43. The summed E-state index contributed by atoms with van der Waals surface area (Å²) in [5.41, 5.74) is 1.98. The molecule has 6 nitrogen and oxygen atoms in total. The number of amides is 1. The van der Waals surface area contributed by atoms with Crippen LogP contribution in [0.1, 0.15) is 39.1 Å². The monoisotopic (exact) mass is 316 g/mol. The van der Waals surface area contributed by atoms with Crippen LogP contribution in [-0.4, -0.2) is 30.1 Å². The fourth-order valence-electron chi connectivity index (χ4n) is 2.17. The van der Waals surface area contributed by atoms with E-state index < -0.39 is 0 Å². The van der Waals surface area contributed by atoms with Crippen molar-refractivity contribution < 1.29 is 9.32 Å². The van der Waals surface area contributed by atoms with E-state index >= 15 is 0 Å². The first-order chi connectivity index (χ1) is 10.9. The number of rotatable bonds is 6. The lowest BCUT2D eigenvalue weighted by Crippen LogP contribution is -2.27. The summed E-state index contributed by atoms with van der Waals surface area (Å²) in [6.07, 6.45) is 0.483. The Morgan fingerprint density at radius 3 is 2.43 bits per heavy atom. The SMILES string of the molecule is CC(C)CC(=O)N[C@@H](C)c1nc(-c2ccc(N(C)C)cc2)no1. The molecule has 1 aromatic carbocycles. The van der Waals surface area contributed by atoms with Crippen LogP contribution < -0.4 is 10.2 Å². The molecule has 0 saturated carbocycles. The Morgan fingerprint density at radius 1 is 1.22 bits per heavy atom. The minimum atomic E-state index is -0.302. The van der Waals surface area contributed by atoms with E-state index in [1.807, 2.05) is 64.0 Å². The van der Waals surface area contributed by atoms with Gasteiger partial charge >= 0.3 is 0 Å². The van der Waals surface area contributed by atoms with Crippen LogP contribution in [0.2, 0.25) is 0 Å². The average molecular weight is 316 g/mol. The number of anilines is 1. The van der Waals surface area contributed by atoms with Gasteiger partial charge < -0.3 is 14.7 Å². The molecular weight excluding hydrogens is 292 g/mol. The number of carbonyl (C=O) groups is 1. The fraction of sp³-hybridized carbons (Fsp3) is 0.471. The van der Waals surface area contributed by atoms with Gasteiger partial charge in [0.05, 0.1) is 0 Å². The highest BCUT2D eigenvalue weighted by Crippen LogP contribution is 2.21. The first-order valence-corrected chi connectivity index (χ1v) is 7.77. The molecule has 0 aliphatic rings. The summed E-state index contributed by atoms with van der Waals surface area (Å²) in [7, 11) is 3.98. The van der Waals surface area contributed by atoms with Gasteiger partial charge in [0, 0.05) is 31.8 Å². The second-order valence-electron chi connectivity index (χ2n) is 6.28. The summed E-state index contributed by atoms with van der Waals surface area (Å²) >= 11 is 0. The Kier molecular flexibility index (Phi) is 5.36. The summed E-state index contributed by atoms with van der Waals surface area (Å²) in [5.74, 6) is 1.24. The van der Waals surface area contributed by atoms with Gasteiger partial charge in [-0.05, 0) is 37.1 Å². The maximum absolute atomic E-state index is 11.8. The van der Waals surface area contributed by atoms with Crippen LogP contribution in [0.3, 0.4) is 0 Å². The van der Waals surface area contributed by atoms with Crippen molar-refractivity contribution in [1.82, 2.24) is 15.5 Å². The van der Waals surface area contributed by atoms with Crippen molar-refractivity contribution in [3.05, 3.63) is 30.2 Å². The second-order valence-corrected chi connectivity index (χ2v) is 6.28. The molecule has 1 amide bonds. The van der Waals surface area contributed by atoms with Gasteiger partial charge in [-0.3, -0.25) is 4.79 Å². The summed E-state index contributed by atoms with van der Waals surface area (Å²) in [6.45, 7) is 5.85. The van der Waals surface area contributed by atoms with Crippen molar-refractivity contribution in [2.75, 3.05) is 19.0 Å². The third-order valence-electron chi connectivity index (χ3n) is 3.43. The Bertz CT molecular complexity index is 647.